The van der Waals surface area contributed by atoms with Gasteiger partial charge in [0.05, 0.1) is 16.6 Å². The van der Waals surface area contributed by atoms with Crippen LogP contribution in [0.2, 0.25) is 0 Å². The number of anilines is 1. The fourth-order valence-electron chi connectivity index (χ4n) is 5.55. The van der Waals surface area contributed by atoms with Crippen molar-refractivity contribution >= 4 is 39.1 Å². The number of carbonyl (C=O) groups excluding carboxylic acids is 2. The molecule has 5 rings (SSSR count). The van der Waals surface area contributed by atoms with Crippen molar-refractivity contribution in [1.82, 2.24) is 19.4 Å². The van der Waals surface area contributed by atoms with Crippen molar-refractivity contribution < 1.29 is 14.0 Å². The van der Waals surface area contributed by atoms with Crippen molar-refractivity contribution in [2.45, 2.75) is 33.7 Å². The van der Waals surface area contributed by atoms with Gasteiger partial charge in [-0.2, -0.15) is 0 Å². The summed E-state index contributed by atoms with van der Waals surface area (Å²) in [6.07, 6.45) is 2.52. The molecule has 10 heteroatoms. The van der Waals surface area contributed by atoms with Crippen molar-refractivity contribution in [3.63, 3.8) is 0 Å². The average molecular weight is 526 g/mol. The van der Waals surface area contributed by atoms with Crippen LogP contribution in [0.1, 0.15) is 35.5 Å². The number of halogens is 1. The van der Waals surface area contributed by atoms with Crippen molar-refractivity contribution in [1.29, 1.82) is 0 Å². The summed E-state index contributed by atoms with van der Waals surface area (Å²) in [6, 6.07) is 6.37. The highest BCUT2D eigenvalue weighted by molar-refractivity contribution is 7.20. The fraction of sp³-hybridized carbons (Fsp3) is 0.481. The van der Waals surface area contributed by atoms with Crippen molar-refractivity contribution in [2.24, 2.45) is 11.8 Å². The number of nitrogens with zero attached hydrogens (tertiary/aromatic N) is 5. The number of benzene rings is 1. The molecule has 2 fully saturated rings. The number of rotatable bonds is 4. The Hall–Kier alpha value is -3.27. The molecule has 0 aliphatic carbocycles. The maximum absolute atomic E-state index is 13.4. The smallest absolute Gasteiger partial charge is 0.264 e. The van der Waals surface area contributed by atoms with E-state index in [1.54, 1.807) is 24.0 Å². The maximum atomic E-state index is 13.4. The average Bonchev–Trinajstić information content (AvgIpc) is 3.22. The number of hydrogen-bond acceptors (Lipinski definition) is 6. The van der Waals surface area contributed by atoms with E-state index in [1.807, 2.05) is 4.90 Å². The lowest BCUT2D eigenvalue weighted by atomic mass is 9.92. The minimum absolute atomic E-state index is 0.0505. The first-order valence-corrected chi connectivity index (χ1v) is 13.6. The molecule has 4 heterocycles. The van der Waals surface area contributed by atoms with Crippen LogP contribution in [-0.2, 0) is 11.3 Å². The molecule has 0 unspecified atom stereocenters. The van der Waals surface area contributed by atoms with Crippen LogP contribution in [0.25, 0.3) is 10.2 Å². The lowest BCUT2D eigenvalue weighted by Gasteiger charge is -2.36. The summed E-state index contributed by atoms with van der Waals surface area (Å²) in [5.41, 5.74) is 1.26. The predicted molar refractivity (Wildman–Crippen MR) is 143 cm³/mol. The number of piperidine rings is 1. The van der Waals surface area contributed by atoms with Gasteiger partial charge in [0.1, 0.15) is 17.2 Å². The number of thiophene rings is 1. The van der Waals surface area contributed by atoms with E-state index in [4.69, 9.17) is 0 Å². The highest BCUT2D eigenvalue weighted by Gasteiger charge is 2.28. The van der Waals surface area contributed by atoms with Gasteiger partial charge in [-0.05, 0) is 55.0 Å². The second kappa shape index (κ2) is 10.2. The summed E-state index contributed by atoms with van der Waals surface area (Å²) in [4.78, 5) is 50.9. The molecule has 196 valence electrons. The highest BCUT2D eigenvalue weighted by atomic mass is 32.1. The summed E-state index contributed by atoms with van der Waals surface area (Å²) in [5.74, 6) is 0.415. The highest BCUT2D eigenvalue weighted by Crippen LogP contribution is 2.29. The van der Waals surface area contributed by atoms with E-state index in [0.29, 0.717) is 71.8 Å². The standard InChI is InChI=1S/C27H32FN5O3S/c1-17-12-18(2)14-32(13-17)22(34)15-33-16-29-25-23(26(33)35)19(3)24(37-25)27(36)31-10-8-30(9-11-31)21-6-4-20(28)5-7-21/h4-7,16-18H,8-15H2,1-3H3/t17-,18-/m1/s1. The van der Waals surface area contributed by atoms with Gasteiger partial charge in [-0.15, -0.1) is 11.3 Å². The topological polar surface area (TPSA) is 78.8 Å². The maximum Gasteiger partial charge on any atom is 0.264 e. The second-order valence-corrected chi connectivity index (χ2v) is 11.4. The Morgan fingerprint density at radius 2 is 1.68 bits per heavy atom. The Bertz CT molecular complexity index is 1370. The number of carbonyl (C=O) groups is 2. The van der Waals surface area contributed by atoms with Crippen LogP contribution < -0.4 is 10.5 Å². The number of likely N-dealkylation sites (tertiary alicyclic amines) is 1. The van der Waals surface area contributed by atoms with Gasteiger partial charge >= 0.3 is 0 Å². The summed E-state index contributed by atoms with van der Waals surface area (Å²) in [7, 11) is 0. The molecule has 2 aliphatic rings. The van der Waals surface area contributed by atoms with Crippen LogP contribution >= 0.6 is 11.3 Å². The summed E-state index contributed by atoms with van der Waals surface area (Å²) in [6.45, 7) is 9.78. The summed E-state index contributed by atoms with van der Waals surface area (Å²) < 4.78 is 14.6. The first-order chi connectivity index (χ1) is 17.7. The quantitative estimate of drug-likeness (QED) is 0.522. The molecule has 2 aromatic heterocycles. The zero-order chi connectivity index (χ0) is 26.3. The van der Waals surface area contributed by atoms with Crippen molar-refractivity contribution in [3.05, 3.63) is 57.2 Å². The zero-order valence-corrected chi connectivity index (χ0v) is 22.3. The predicted octanol–water partition coefficient (Wildman–Crippen LogP) is 3.37. The number of piperazine rings is 1. The van der Waals surface area contributed by atoms with Crippen LogP contribution in [0, 0.1) is 24.6 Å². The van der Waals surface area contributed by atoms with Gasteiger partial charge in [0.2, 0.25) is 5.91 Å². The molecule has 2 aliphatic heterocycles. The molecule has 2 amide bonds. The number of hydrogen-bond donors (Lipinski definition) is 0. The van der Waals surface area contributed by atoms with Gasteiger partial charge in [-0.3, -0.25) is 19.0 Å². The minimum atomic E-state index is -0.287. The van der Waals surface area contributed by atoms with Gasteiger partial charge in [0.15, 0.2) is 0 Å². The third-order valence-corrected chi connectivity index (χ3v) is 8.59. The molecule has 0 radical (unpaired) electrons. The van der Waals surface area contributed by atoms with Gasteiger partial charge in [0, 0.05) is 45.0 Å². The summed E-state index contributed by atoms with van der Waals surface area (Å²) >= 11 is 1.23. The van der Waals surface area contributed by atoms with Crippen LogP contribution in [0.3, 0.4) is 0 Å². The van der Waals surface area contributed by atoms with Crippen molar-refractivity contribution in [3.8, 4) is 0 Å². The van der Waals surface area contributed by atoms with Crippen molar-refractivity contribution in [2.75, 3.05) is 44.2 Å². The first kappa shape index (κ1) is 25.4. The van der Waals surface area contributed by atoms with E-state index in [1.165, 1.54) is 34.4 Å². The van der Waals surface area contributed by atoms with E-state index in [2.05, 4.69) is 23.7 Å². The normalized spacial score (nSPS) is 20.5. The Morgan fingerprint density at radius 1 is 1.03 bits per heavy atom. The minimum Gasteiger partial charge on any atom is -0.368 e. The molecule has 8 nitrogen and oxygen atoms in total. The number of aryl methyl sites for hydroxylation is 1. The van der Waals surface area contributed by atoms with E-state index in [9.17, 15) is 18.8 Å². The van der Waals surface area contributed by atoms with E-state index < -0.39 is 0 Å². The summed E-state index contributed by atoms with van der Waals surface area (Å²) in [5, 5.41) is 0.411. The molecule has 37 heavy (non-hydrogen) atoms. The Kier molecular flexibility index (Phi) is 7.02. The van der Waals surface area contributed by atoms with Crippen LogP contribution in [0.4, 0.5) is 10.1 Å². The van der Waals surface area contributed by atoms with E-state index >= 15 is 0 Å². The lowest BCUT2D eigenvalue weighted by Crippen LogP contribution is -2.48. The molecule has 0 N–H and O–H groups in total. The van der Waals surface area contributed by atoms with Gasteiger partial charge in [0.25, 0.3) is 11.5 Å². The monoisotopic (exact) mass is 525 g/mol. The third kappa shape index (κ3) is 5.12. The molecular weight excluding hydrogens is 493 g/mol. The molecule has 2 saturated heterocycles. The molecular formula is C27H32FN5O3S. The van der Waals surface area contributed by atoms with Gasteiger partial charge in [-0.25, -0.2) is 9.37 Å². The first-order valence-electron chi connectivity index (χ1n) is 12.8. The van der Waals surface area contributed by atoms with Crippen LogP contribution in [0.15, 0.2) is 35.4 Å². The number of amides is 2. The Morgan fingerprint density at radius 3 is 2.32 bits per heavy atom. The molecule has 3 aromatic rings. The van der Waals surface area contributed by atoms with Crippen LogP contribution in [-0.4, -0.2) is 70.4 Å². The molecule has 1 aromatic carbocycles. The number of aromatic nitrogens is 2. The largest absolute Gasteiger partial charge is 0.368 e. The van der Waals surface area contributed by atoms with Crippen LogP contribution in [0.5, 0.6) is 0 Å². The lowest BCUT2D eigenvalue weighted by molar-refractivity contribution is -0.134. The molecule has 0 bridgehead atoms. The Balaban J connectivity index is 1.31. The molecule has 0 saturated carbocycles. The number of fused-ring (bicyclic) bond motifs is 1. The fourth-order valence-corrected chi connectivity index (χ4v) is 6.66. The van der Waals surface area contributed by atoms with Gasteiger partial charge in [-0.1, -0.05) is 13.8 Å². The SMILES string of the molecule is Cc1c(C(=O)N2CCN(c3ccc(F)cc3)CC2)sc2ncn(CC(=O)N3C[C@H](C)C[C@@H](C)C3)c(=O)c12. The Labute approximate surface area is 219 Å². The zero-order valence-electron chi connectivity index (χ0n) is 21.4. The van der Waals surface area contributed by atoms with E-state index in [-0.39, 0.29) is 29.7 Å². The third-order valence-electron chi connectivity index (χ3n) is 7.40. The van der Waals surface area contributed by atoms with E-state index in [0.717, 1.165) is 12.1 Å². The van der Waals surface area contributed by atoms with Gasteiger partial charge < -0.3 is 14.7 Å². The molecule has 2 atom stereocenters. The second-order valence-electron chi connectivity index (χ2n) is 10.4. The molecule has 0 spiro atoms.